The highest BCUT2D eigenvalue weighted by atomic mass is 16.5. The molecule has 0 bridgehead atoms. The van der Waals surface area contributed by atoms with Gasteiger partial charge in [0.15, 0.2) is 11.5 Å². The zero-order valence-corrected chi connectivity index (χ0v) is 19.5. The first kappa shape index (κ1) is 22.9. The Kier molecular flexibility index (Phi) is 6.64. The van der Waals surface area contributed by atoms with Crippen molar-refractivity contribution in [3.63, 3.8) is 0 Å². The van der Waals surface area contributed by atoms with Crippen molar-refractivity contribution in [1.29, 1.82) is 0 Å². The molecule has 2 N–H and O–H groups in total. The summed E-state index contributed by atoms with van der Waals surface area (Å²) in [5.41, 5.74) is 4.58. The van der Waals surface area contributed by atoms with Crippen molar-refractivity contribution >= 4 is 5.91 Å². The van der Waals surface area contributed by atoms with Gasteiger partial charge in [-0.3, -0.25) is 14.2 Å². The van der Waals surface area contributed by atoms with Gasteiger partial charge in [-0.2, -0.15) is 10.2 Å². The molecule has 1 aliphatic heterocycles. The first-order chi connectivity index (χ1) is 17.1. The first-order valence-electron chi connectivity index (χ1n) is 11.6. The zero-order valence-electron chi connectivity index (χ0n) is 19.5. The number of nitrogens with zero attached hydrogens (tertiary/aromatic N) is 6. The number of benzene rings is 1. The van der Waals surface area contributed by atoms with E-state index in [1.807, 2.05) is 54.6 Å². The fourth-order valence-electron chi connectivity index (χ4n) is 4.18. The second kappa shape index (κ2) is 10.2. The standard InChI is InChI=1S/C25H27N7O3/c1-31-15-20(14-29-31)17-3-2-4-18(11-17)24-27-12-19(13-28-24)22-16-32(21-5-9-35-10-6-21)30-23(22)25(34)26-7-8-33/h2-4,11-16,21,33H,5-10H2,1H3,(H,26,34). The molecule has 1 aromatic carbocycles. The third-order valence-electron chi connectivity index (χ3n) is 6.03. The summed E-state index contributed by atoms with van der Waals surface area (Å²) in [6.07, 6.45) is 10.8. The second-order valence-electron chi connectivity index (χ2n) is 8.47. The Balaban J connectivity index is 1.45. The van der Waals surface area contributed by atoms with Crippen LogP contribution in [0.15, 0.2) is 55.2 Å². The number of hydrogen-bond acceptors (Lipinski definition) is 7. The average molecular weight is 474 g/mol. The molecule has 1 fully saturated rings. The van der Waals surface area contributed by atoms with E-state index in [1.165, 1.54) is 0 Å². The second-order valence-corrected chi connectivity index (χ2v) is 8.47. The molecular weight excluding hydrogens is 446 g/mol. The van der Waals surface area contributed by atoms with Gasteiger partial charge in [0.2, 0.25) is 0 Å². The lowest BCUT2D eigenvalue weighted by Gasteiger charge is -2.22. The summed E-state index contributed by atoms with van der Waals surface area (Å²) in [5.74, 6) is 0.246. The van der Waals surface area contributed by atoms with Crippen LogP contribution in [0.5, 0.6) is 0 Å². The van der Waals surface area contributed by atoms with Gasteiger partial charge in [-0.25, -0.2) is 9.97 Å². The highest BCUT2D eigenvalue weighted by molar-refractivity contribution is 5.98. The predicted octanol–water partition coefficient (Wildman–Crippen LogP) is 2.48. The van der Waals surface area contributed by atoms with Crippen LogP contribution in [-0.2, 0) is 11.8 Å². The molecule has 0 unspecified atom stereocenters. The van der Waals surface area contributed by atoms with Gasteiger partial charge >= 0.3 is 0 Å². The van der Waals surface area contributed by atoms with Gasteiger partial charge in [-0.05, 0) is 24.5 Å². The third kappa shape index (κ3) is 4.98. The number of aryl methyl sites for hydroxylation is 1. The van der Waals surface area contributed by atoms with Crippen molar-refractivity contribution < 1.29 is 14.6 Å². The van der Waals surface area contributed by atoms with E-state index in [1.54, 1.807) is 17.1 Å². The van der Waals surface area contributed by atoms with Crippen molar-refractivity contribution in [3.05, 3.63) is 60.9 Å². The number of aliphatic hydroxyl groups is 1. The molecule has 0 aliphatic carbocycles. The number of aliphatic hydroxyl groups excluding tert-OH is 1. The van der Waals surface area contributed by atoms with E-state index in [0.29, 0.717) is 35.9 Å². The van der Waals surface area contributed by atoms with Gasteiger partial charge < -0.3 is 15.2 Å². The van der Waals surface area contributed by atoms with Gasteiger partial charge in [-0.15, -0.1) is 0 Å². The monoisotopic (exact) mass is 473 g/mol. The maximum Gasteiger partial charge on any atom is 0.272 e. The Morgan fingerprint density at radius 3 is 2.57 bits per heavy atom. The number of rotatable bonds is 7. The summed E-state index contributed by atoms with van der Waals surface area (Å²) in [5, 5.41) is 20.6. The molecule has 180 valence electrons. The van der Waals surface area contributed by atoms with Crippen LogP contribution in [0.3, 0.4) is 0 Å². The van der Waals surface area contributed by atoms with Crippen LogP contribution >= 0.6 is 0 Å². The summed E-state index contributed by atoms with van der Waals surface area (Å²) in [7, 11) is 1.89. The van der Waals surface area contributed by atoms with Gasteiger partial charge in [0.1, 0.15) is 0 Å². The average Bonchev–Trinajstić information content (AvgIpc) is 3.55. The van der Waals surface area contributed by atoms with E-state index in [4.69, 9.17) is 9.84 Å². The number of carbonyl (C=O) groups excluding carboxylic acids is 1. The van der Waals surface area contributed by atoms with Crippen LogP contribution in [0.1, 0.15) is 29.4 Å². The van der Waals surface area contributed by atoms with Crippen molar-refractivity contribution in [2.45, 2.75) is 18.9 Å². The van der Waals surface area contributed by atoms with Crippen LogP contribution in [0.4, 0.5) is 0 Å². The smallest absolute Gasteiger partial charge is 0.272 e. The topological polar surface area (TPSA) is 120 Å². The maximum atomic E-state index is 12.8. The van der Waals surface area contributed by atoms with Crippen molar-refractivity contribution in [2.75, 3.05) is 26.4 Å². The number of nitrogens with one attached hydrogen (secondary N) is 1. The zero-order chi connectivity index (χ0) is 24.2. The van der Waals surface area contributed by atoms with E-state index >= 15 is 0 Å². The third-order valence-corrected chi connectivity index (χ3v) is 6.03. The van der Waals surface area contributed by atoms with Gasteiger partial charge in [0.25, 0.3) is 5.91 Å². The predicted molar refractivity (Wildman–Crippen MR) is 129 cm³/mol. The molecule has 10 nitrogen and oxygen atoms in total. The van der Waals surface area contributed by atoms with E-state index in [2.05, 4.69) is 25.5 Å². The molecule has 4 aromatic rings. The minimum atomic E-state index is -0.340. The van der Waals surface area contributed by atoms with Crippen LogP contribution in [-0.4, -0.2) is 66.9 Å². The lowest BCUT2D eigenvalue weighted by atomic mass is 10.1. The Morgan fingerprint density at radius 1 is 1.09 bits per heavy atom. The van der Waals surface area contributed by atoms with Gasteiger partial charge in [-0.1, -0.05) is 18.2 Å². The summed E-state index contributed by atoms with van der Waals surface area (Å²) >= 11 is 0. The maximum absolute atomic E-state index is 12.8. The molecule has 0 saturated carbocycles. The fraction of sp³-hybridized carbons (Fsp3) is 0.320. The lowest BCUT2D eigenvalue weighted by molar-refractivity contribution is 0.0660. The van der Waals surface area contributed by atoms with Crippen LogP contribution in [0.25, 0.3) is 33.6 Å². The minimum absolute atomic E-state index is 0.141. The minimum Gasteiger partial charge on any atom is -0.395 e. The molecule has 3 aromatic heterocycles. The molecule has 10 heteroatoms. The summed E-state index contributed by atoms with van der Waals surface area (Å²) in [6.45, 7) is 1.35. The summed E-state index contributed by atoms with van der Waals surface area (Å²) < 4.78 is 9.07. The van der Waals surface area contributed by atoms with Crippen LogP contribution in [0, 0.1) is 0 Å². The highest BCUT2D eigenvalue weighted by Gasteiger charge is 2.23. The highest BCUT2D eigenvalue weighted by Crippen LogP contribution is 2.29. The Bertz CT molecular complexity index is 1310. The lowest BCUT2D eigenvalue weighted by Crippen LogP contribution is -2.27. The fourth-order valence-corrected chi connectivity index (χ4v) is 4.18. The van der Waals surface area contributed by atoms with Crippen molar-refractivity contribution in [2.24, 2.45) is 7.05 Å². The molecular formula is C25H27N7O3. The first-order valence-corrected chi connectivity index (χ1v) is 11.6. The molecule has 35 heavy (non-hydrogen) atoms. The Labute approximate surface area is 202 Å². The molecule has 0 atom stereocenters. The molecule has 1 saturated heterocycles. The molecule has 1 amide bonds. The van der Waals surface area contributed by atoms with E-state index in [-0.39, 0.29) is 25.1 Å². The number of carbonyl (C=O) groups is 1. The van der Waals surface area contributed by atoms with E-state index in [0.717, 1.165) is 29.5 Å². The quantitative estimate of drug-likeness (QED) is 0.423. The summed E-state index contributed by atoms with van der Waals surface area (Å²) in [6, 6.07) is 8.15. The molecule has 1 aliphatic rings. The van der Waals surface area contributed by atoms with Crippen molar-refractivity contribution in [3.8, 4) is 33.6 Å². The van der Waals surface area contributed by atoms with Crippen molar-refractivity contribution in [1.82, 2.24) is 34.8 Å². The number of ether oxygens (including phenoxy) is 1. The van der Waals surface area contributed by atoms with E-state index in [9.17, 15) is 4.79 Å². The Morgan fingerprint density at radius 2 is 1.86 bits per heavy atom. The molecule has 5 rings (SSSR count). The number of amides is 1. The Hall–Kier alpha value is -3.89. The van der Waals surface area contributed by atoms with E-state index < -0.39 is 0 Å². The molecule has 4 heterocycles. The number of aromatic nitrogens is 6. The van der Waals surface area contributed by atoms with Crippen LogP contribution in [0.2, 0.25) is 0 Å². The number of hydrogen-bond donors (Lipinski definition) is 2. The van der Waals surface area contributed by atoms with Crippen LogP contribution < -0.4 is 5.32 Å². The van der Waals surface area contributed by atoms with Gasteiger partial charge in [0.05, 0.1) is 18.8 Å². The molecule has 0 radical (unpaired) electrons. The largest absolute Gasteiger partial charge is 0.395 e. The van der Waals surface area contributed by atoms with Gasteiger partial charge in [0, 0.05) is 73.8 Å². The summed E-state index contributed by atoms with van der Waals surface area (Å²) in [4.78, 5) is 22.0. The normalized spacial score (nSPS) is 14.2. The molecule has 0 spiro atoms. The SMILES string of the molecule is Cn1cc(-c2cccc(-c3ncc(-c4cn(C5CCOCC5)nc4C(=O)NCCO)cn3)c2)cn1.